The van der Waals surface area contributed by atoms with Crippen molar-refractivity contribution in [3.8, 4) is 6.07 Å². The Morgan fingerprint density at radius 3 is 3.08 bits per heavy atom. The lowest BCUT2D eigenvalue weighted by Crippen LogP contribution is -1.69. The largest absolute Gasteiger partial charge is 0.193 e. The minimum Gasteiger partial charge on any atom is -0.193 e. The Balaban J connectivity index is 2.49. The van der Waals surface area contributed by atoms with Crippen LogP contribution in [0, 0.1) is 11.3 Å². The lowest BCUT2D eigenvalue weighted by molar-refractivity contribution is 1.54. The molecule has 1 aromatic carbocycles. The van der Waals surface area contributed by atoms with E-state index in [0.29, 0.717) is 0 Å². The van der Waals surface area contributed by atoms with Crippen molar-refractivity contribution in [2.45, 2.75) is 0 Å². The first-order valence-corrected chi connectivity index (χ1v) is 4.81. The quantitative estimate of drug-likeness (QED) is 0.624. The van der Waals surface area contributed by atoms with E-state index in [1.807, 2.05) is 18.2 Å². The number of rotatable bonds is 1. The molecule has 0 aliphatic heterocycles. The van der Waals surface area contributed by atoms with Crippen molar-refractivity contribution in [3.05, 3.63) is 41.3 Å². The summed E-state index contributed by atoms with van der Waals surface area (Å²) in [6, 6.07) is 10.3. The number of allylic oxidation sites excluding steroid dienone is 1. The monoisotopic (exact) mass is 185 g/mol. The molecule has 0 saturated carbocycles. The second-order valence-electron chi connectivity index (χ2n) is 2.68. The van der Waals surface area contributed by atoms with E-state index in [9.17, 15) is 0 Å². The third-order valence-electron chi connectivity index (χ3n) is 1.83. The molecule has 0 bridgehead atoms. The van der Waals surface area contributed by atoms with Crippen LogP contribution < -0.4 is 0 Å². The normalized spacial score (nSPS) is 10.7. The van der Waals surface area contributed by atoms with Gasteiger partial charge in [0.2, 0.25) is 0 Å². The fraction of sp³-hybridized carbons (Fsp3) is 0. The number of benzene rings is 1. The van der Waals surface area contributed by atoms with Crippen LogP contribution in [-0.2, 0) is 0 Å². The van der Waals surface area contributed by atoms with Gasteiger partial charge in [0.05, 0.1) is 6.07 Å². The summed E-state index contributed by atoms with van der Waals surface area (Å²) in [5.74, 6) is 0. The van der Waals surface area contributed by atoms with Gasteiger partial charge in [-0.3, -0.25) is 0 Å². The van der Waals surface area contributed by atoms with Gasteiger partial charge in [-0.2, -0.15) is 5.26 Å². The first-order valence-electron chi connectivity index (χ1n) is 3.93. The molecular formula is C11H7NS. The highest BCUT2D eigenvalue weighted by Gasteiger charge is 1.93. The molecule has 2 heteroatoms. The number of nitrogens with zero attached hydrogens (tertiary/aromatic N) is 1. The maximum absolute atomic E-state index is 8.37. The van der Waals surface area contributed by atoms with Crippen LogP contribution >= 0.6 is 11.3 Å². The van der Waals surface area contributed by atoms with Gasteiger partial charge in [-0.1, -0.05) is 12.1 Å². The van der Waals surface area contributed by atoms with Gasteiger partial charge in [0.15, 0.2) is 0 Å². The minimum atomic E-state index is 1.08. The Kier molecular flexibility index (Phi) is 2.11. The Hall–Kier alpha value is -1.59. The average Bonchev–Trinajstić information content (AvgIpc) is 2.61. The molecule has 1 nitrogen and oxygen atoms in total. The smallest absolute Gasteiger partial charge is 0.0912 e. The summed E-state index contributed by atoms with van der Waals surface area (Å²) in [6.45, 7) is 0. The minimum absolute atomic E-state index is 1.08. The van der Waals surface area contributed by atoms with Crippen LogP contribution in [-0.4, -0.2) is 0 Å². The number of fused-ring (bicyclic) bond motifs is 1. The molecule has 0 aliphatic rings. The molecule has 1 aromatic heterocycles. The molecule has 2 rings (SSSR count). The van der Waals surface area contributed by atoms with E-state index in [4.69, 9.17) is 5.26 Å². The molecule has 0 amide bonds. The van der Waals surface area contributed by atoms with Crippen LogP contribution in [0.15, 0.2) is 35.7 Å². The van der Waals surface area contributed by atoms with Crippen LogP contribution in [0.4, 0.5) is 0 Å². The van der Waals surface area contributed by atoms with Crippen molar-refractivity contribution in [2.75, 3.05) is 0 Å². The Morgan fingerprint density at radius 2 is 2.23 bits per heavy atom. The van der Waals surface area contributed by atoms with E-state index in [1.165, 1.54) is 16.2 Å². The van der Waals surface area contributed by atoms with E-state index in [0.717, 1.165) is 5.56 Å². The summed E-state index contributed by atoms with van der Waals surface area (Å²) in [5, 5.41) is 11.7. The van der Waals surface area contributed by atoms with Crippen molar-refractivity contribution < 1.29 is 0 Å². The maximum Gasteiger partial charge on any atom is 0.0912 e. The Bertz CT molecular complexity index is 488. The van der Waals surface area contributed by atoms with E-state index in [-0.39, 0.29) is 0 Å². The molecule has 0 N–H and O–H groups in total. The van der Waals surface area contributed by atoms with Crippen LogP contribution in [0.1, 0.15) is 5.56 Å². The van der Waals surface area contributed by atoms with Crippen LogP contribution in [0.2, 0.25) is 0 Å². The topological polar surface area (TPSA) is 23.8 Å². The van der Waals surface area contributed by atoms with Gasteiger partial charge in [-0.15, -0.1) is 11.3 Å². The standard InChI is InChI=1S/C11H7NS/c12-6-1-2-9-3-4-10-5-7-13-11(10)8-9/h1-5,7-8H. The Labute approximate surface area is 80.6 Å². The van der Waals surface area contributed by atoms with E-state index < -0.39 is 0 Å². The maximum atomic E-state index is 8.37. The zero-order valence-corrected chi connectivity index (χ0v) is 7.71. The molecule has 0 unspecified atom stereocenters. The fourth-order valence-electron chi connectivity index (χ4n) is 1.21. The summed E-state index contributed by atoms with van der Waals surface area (Å²) in [4.78, 5) is 0. The lowest BCUT2D eigenvalue weighted by atomic mass is 10.2. The number of hydrogen-bond acceptors (Lipinski definition) is 2. The van der Waals surface area contributed by atoms with Gasteiger partial charge >= 0.3 is 0 Å². The average molecular weight is 185 g/mol. The summed E-state index contributed by atoms with van der Waals surface area (Å²) in [5.41, 5.74) is 1.08. The fourth-order valence-corrected chi connectivity index (χ4v) is 2.05. The molecule has 0 aliphatic carbocycles. The molecule has 0 radical (unpaired) electrons. The zero-order chi connectivity index (χ0) is 9.10. The molecule has 0 fully saturated rings. The third-order valence-corrected chi connectivity index (χ3v) is 2.71. The van der Waals surface area contributed by atoms with Gasteiger partial charge in [-0.05, 0) is 34.5 Å². The second kappa shape index (κ2) is 3.42. The number of thiophene rings is 1. The van der Waals surface area contributed by atoms with Crippen molar-refractivity contribution in [1.29, 1.82) is 5.26 Å². The highest BCUT2D eigenvalue weighted by molar-refractivity contribution is 7.17. The van der Waals surface area contributed by atoms with Gasteiger partial charge in [-0.25, -0.2) is 0 Å². The summed E-state index contributed by atoms with van der Waals surface area (Å²) in [6.07, 6.45) is 3.31. The second-order valence-corrected chi connectivity index (χ2v) is 3.63. The third kappa shape index (κ3) is 1.61. The summed E-state index contributed by atoms with van der Waals surface area (Å²) in [7, 11) is 0. The first kappa shape index (κ1) is 8.03. The van der Waals surface area contributed by atoms with Crippen molar-refractivity contribution >= 4 is 27.5 Å². The summed E-state index contributed by atoms with van der Waals surface area (Å²) < 4.78 is 1.26. The van der Waals surface area contributed by atoms with E-state index in [2.05, 4.69) is 23.6 Å². The molecule has 2 aromatic rings. The van der Waals surface area contributed by atoms with Gasteiger partial charge in [0.25, 0.3) is 0 Å². The van der Waals surface area contributed by atoms with Crippen molar-refractivity contribution in [1.82, 2.24) is 0 Å². The highest BCUT2D eigenvalue weighted by atomic mass is 32.1. The zero-order valence-electron chi connectivity index (χ0n) is 6.90. The van der Waals surface area contributed by atoms with Gasteiger partial charge in [0, 0.05) is 10.8 Å². The lowest BCUT2D eigenvalue weighted by Gasteiger charge is -1.92. The number of hydrogen-bond donors (Lipinski definition) is 0. The molecular weight excluding hydrogens is 178 g/mol. The van der Waals surface area contributed by atoms with Crippen molar-refractivity contribution in [2.24, 2.45) is 0 Å². The van der Waals surface area contributed by atoms with Crippen molar-refractivity contribution in [3.63, 3.8) is 0 Å². The molecule has 0 spiro atoms. The highest BCUT2D eigenvalue weighted by Crippen LogP contribution is 2.22. The van der Waals surface area contributed by atoms with Gasteiger partial charge in [0.1, 0.15) is 0 Å². The van der Waals surface area contributed by atoms with Crippen LogP contribution in [0.5, 0.6) is 0 Å². The predicted octanol–water partition coefficient (Wildman–Crippen LogP) is 3.44. The molecule has 62 valence electrons. The first-order chi connectivity index (χ1) is 6.40. The molecule has 0 saturated heterocycles. The number of nitriles is 1. The van der Waals surface area contributed by atoms with Crippen LogP contribution in [0.3, 0.4) is 0 Å². The molecule has 0 atom stereocenters. The van der Waals surface area contributed by atoms with Gasteiger partial charge < -0.3 is 0 Å². The van der Waals surface area contributed by atoms with Crippen LogP contribution in [0.25, 0.3) is 16.2 Å². The SMILES string of the molecule is N#CC=Cc1ccc2ccsc2c1. The summed E-state index contributed by atoms with van der Waals surface area (Å²) >= 11 is 1.72. The van der Waals surface area contributed by atoms with E-state index >= 15 is 0 Å². The predicted molar refractivity (Wildman–Crippen MR) is 56.5 cm³/mol. The molecule has 13 heavy (non-hydrogen) atoms. The van der Waals surface area contributed by atoms with E-state index in [1.54, 1.807) is 11.3 Å². The Morgan fingerprint density at radius 1 is 1.31 bits per heavy atom. The molecule has 1 heterocycles.